The molecule has 0 aromatic carbocycles. The first-order chi connectivity index (χ1) is 6.35. The summed E-state index contributed by atoms with van der Waals surface area (Å²) in [5.41, 5.74) is 5.40. The molecule has 0 spiro atoms. The fraction of sp³-hybridized carbons (Fsp3) is 1.00. The second-order valence-corrected chi connectivity index (χ2v) is 2.98. The van der Waals surface area contributed by atoms with Crippen LogP contribution in [-0.4, -0.2) is 26.0 Å². The molecule has 2 N–H and O–H groups in total. The van der Waals surface area contributed by atoms with E-state index in [4.69, 9.17) is 15.2 Å². The highest BCUT2D eigenvalue weighted by Gasteiger charge is 2.06. The molecule has 0 fully saturated rings. The molecule has 3 nitrogen and oxygen atoms in total. The average Bonchev–Trinajstić information content (AvgIpc) is 2.13. The van der Waals surface area contributed by atoms with Gasteiger partial charge in [-0.3, -0.25) is 0 Å². The van der Waals surface area contributed by atoms with E-state index in [2.05, 4.69) is 0 Å². The summed E-state index contributed by atoms with van der Waals surface area (Å²) in [5.74, 6) is 0. The highest BCUT2D eigenvalue weighted by atomic mass is 16.7. The smallest absolute Gasteiger partial charge is 0.157 e. The van der Waals surface area contributed by atoms with E-state index in [1.807, 2.05) is 13.8 Å². The van der Waals surface area contributed by atoms with Crippen molar-refractivity contribution in [3.05, 3.63) is 0 Å². The molecule has 0 aliphatic heterocycles. The van der Waals surface area contributed by atoms with Crippen LogP contribution in [0.1, 0.15) is 39.5 Å². The van der Waals surface area contributed by atoms with E-state index in [9.17, 15) is 0 Å². The van der Waals surface area contributed by atoms with Gasteiger partial charge in [0.05, 0.1) is 0 Å². The minimum atomic E-state index is -0.00669. The van der Waals surface area contributed by atoms with Crippen LogP contribution in [0, 0.1) is 0 Å². The summed E-state index contributed by atoms with van der Waals surface area (Å²) in [5, 5.41) is 0. The largest absolute Gasteiger partial charge is 0.353 e. The molecule has 0 bridgehead atoms. The van der Waals surface area contributed by atoms with E-state index in [0.717, 1.165) is 39.0 Å². The van der Waals surface area contributed by atoms with Crippen LogP contribution in [0.2, 0.25) is 0 Å². The third kappa shape index (κ3) is 8.22. The summed E-state index contributed by atoms with van der Waals surface area (Å²) in [6.45, 7) is 6.22. The number of nitrogens with two attached hydrogens (primary N) is 1. The third-order valence-corrected chi connectivity index (χ3v) is 1.85. The Morgan fingerprint density at radius 1 is 1.00 bits per heavy atom. The van der Waals surface area contributed by atoms with Crippen molar-refractivity contribution in [1.29, 1.82) is 0 Å². The molecule has 0 heterocycles. The topological polar surface area (TPSA) is 44.5 Å². The number of rotatable bonds is 9. The van der Waals surface area contributed by atoms with Gasteiger partial charge in [0, 0.05) is 13.2 Å². The Balaban J connectivity index is 3.33. The molecule has 3 heteroatoms. The number of unbranched alkanes of at least 4 members (excludes halogenated alkanes) is 2. The van der Waals surface area contributed by atoms with E-state index in [-0.39, 0.29) is 6.29 Å². The molecule has 0 aromatic heterocycles. The van der Waals surface area contributed by atoms with Gasteiger partial charge in [-0.05, 0) is 39.7 Å². The average molecular weight is 189 g/mol. The third-order valence-electron chi connectivity index (χ3n) is 1.85. The molecule has 0 aliphatic rings. The zero-order chi connectivity index (χ0) is 9.94. The van der Waals surface area contributed by atoms with E-state index in [1.54, 1.807) is 0 Å². The molecule has 13 heavy (non-hydrogen) atoms. The normalized spacial score (nSPS) is 11.1. The molecular weight excluding hydrogens is 166 g/mol. The fourth-order valence-corrected chi connectivity index (χ4v) is 1.22. The molecule has 0 unspecified atom stereocenters. The SMILES string of the molecule is CCOC(CCCCCN)OCC. The Morgan fingerprint density at radius 3 is 2.08 bits per heavy atom. The van der Waals surface area contributed by atoms with Crippen molar-refractivity contribution in [2.75, 3.05) is 19.8 Å². The van der Waals surface area contributed by atoms with Gasteiger partial charge in [-0.1, -0.05) is 6.42 Å². The maximum atomic E-state index is 5.41. The second-order valence-electron chi connectivity index (χ2n) is 2.98. The molecule has 0 amide bonds. The lowest BCUT2D eigenvalue weighted by molar-refractivity contribution is -0.140. The predicted molar refractivity (Wildman–Crippen MR) is 54.6 cm³/mol. The Bertz CT molecular complexity index is 92.9. The van der Waals surface area contributed by atoms with Crippen molar-refractivity contribution in [2.24, 2.45) is 5.73 Å². The van der Waals surface area contributed by atoms with E-state index in [0.29, 0.717) is 0 Å². The fourth-order valence-electron chi connectivity index (χ4n) is 1.22. The van der Waals surface area contributed by atoms with Gasteiger partial charge in [-0.15, -0.1) is 0 Å². The predicted octanol–water partition coefficient (Wildman–Crippen LogP) is 1.90. The van der Waals surface area contributed by atoms with Crippen molar-refractivity contribution >= 4 is 0 Å². The van der Waals surface area contributed by atoms with Crippen molar-refractivity contribution < 1.29 is 9.47 Å². The summed E-state index contributed by atoms with van der Waals surface area (Å²) >= 11 is 0. The zero-order valence-electron chi connectivity index (χ0n) is 8.92. The molecule has 0 atom stereocenters. The van der Waals surface area contributed by atoms with Gasteiger partial charge in [0.1, 0.15) is 0 Å². The summed E-state index contributed by atoms with van der Waals surface area (Å²) in [7, 11) is 0. The quantitative estimate of drug-likeness (QED) is 0.445. The molecule has 0 aliphatic carbocycles. The van der Waals surface area contributed by atoms with Crippen LogP contribution >= 0.6 is 0 Å². The van der Waals surface area contributed by atoms with Crippen LogP contribution in [0.15, 0.2) is 0 Å². The van der Waals surface area contributed by atoms with Gasteiger partial charge in [0.2, 0.25) is 0 Å². The molecule has 0 radical (unpaired) electrons. The molecular formula is C10H23NO2. The lowest BCUT2D eigenvalue weighted by atomic mass is 10.2. The monoisotopic (exact) mass is 189 g/mol. The molecule has 0 aromatic rings. The van der Waals surface area contributed by atoms with Gasteiger partial charge in [0.15, 0.2) is 6.29 Å². The summed E-state index contributed by atoms with van der Waals surface area (Å²) < 4.78 is 10.8. The lowest BCUT2D eigenvalue weighted by Crippen LogP contribution is -2.17. The second kappa shape index (κ2) is 9.96. The van der Waals surface area contributed by atoms with Gasteiger partial charge in [-0.25, -0.2) is 0 Å². The highest BCUT2D eigenvalue weighted by molar-refractivity contribution is 4.48. The number of hydrogen-bond donors (Lipinski definition) is 1. The minimum absolute atomic E-state index is 0.00669. The van der Waals surface area contributed by atoms with E-state index < -0.39 is 0 Å². The molecule has 0 saturated heterocycles. The van der Waals surface area contributed by atoms with Crippen LogP contribution in [-0.2, 0) is 9.47 Å². The van der Waals surface area contributed by atoms with Crippen LogP contribution in [0.25, 0.3) is 0 Å². The number of ether oxygens (including phenoxy) is 2. The van der Waals surface area contributed by atoms with Gasteiger partial charge in [-0.2, -0.15) is 0 Å². The standard InChI is InChI=1S/C10H23NO2/c1-3-12-10(13-4-2)8-6-5-7-9-11/h10H,3-9,11H2,1-2H3. The van der Waals surface area contributed by atoms with Crippen LogP contribution in [0.5, 0.6) is 0 Å². The van der Waals surface area contributed by atoms with Crippen molar-refractivity contribution in [2.45, 2.75) is 45.8 Å². The summed E-state index contributed by atoms with van der Waals surface area (Å²) in [6, 6.07) is 0. The van der Waals surface area contributed by atoms with Gasteiger partial charge in [0.25, 0.3) is 0 Å². The maximum absolute atomic E-state index is 5.41. The summed E-state index contributed by atoms with van der Waals surface area (Å²) in [6.07, 6.45) is 4.40. The van der Waals surface area contributed by atoms with Crippen molar-refractivity contribution in [3.63, 3.8) is 0 Å². The first-order valence-electron chi connectivity index (χ1n) is 5.28. The van der Waals surface area contributed by atoms with E-state index in [1.165, 1.54) is 6.42 Å². The van der Waals surface area contributed by atoms with Gasteiger partial charge >= 0.3 is 0 Å². The Morgan fingerprint density at radius 2 is 1.62 bits per heavy atom. The lowest BCUT2D eigenvalue weighted by Gasteiger charge is -2.16. The van der Waals surface area contributed by atoms with Gasteiger partial charge < -0.3 is 15.2 Å². The van der Waals surface area contributed by atoms with E-state index >= 15 is 0 Å². The minimum Gasteiger partial charge on any atom is -0.353 e. The summed E-state index contributed by atoms with van der Waals surface area (Å²) in [4.78, 5) is 0. The van der Waals surface area contributed by atoms with Crippen molar-refractivity contribution in [3.8, 4) is 0 Å². The zero-order valence-corrected chi connectivity index (χ0v) is 8.92. The molecule has 80 valence electrons. The van der Waals surface area contributed by atoms with Crippen molar-refractivity contribution in [1.82, 2.24) is 0 Å². The first-order valence-corrected chi connectivity index (χ1v) is 5.28. The number of hydrogen-bond acceptors (Lipinski definition) is 3. The Labute approximate surface area is 81.6 Å². The Hall–Kier alpha value is -0.120. The molecule has 0 saturated carbocycles. The van der Waals surface area contributed by atoms with Crippen LogP contribution < -0.4 is 5.73 Å². The highest BCUT2D eigenvalue weighted by Crippen LogP contribution is 2.07. The van der Waals surface area contributed by atoms with Crippen LogP contribution in [0.3, 0.4) is 0 Å². The molecule has 0 rings (SSSR count). The van der Waals surface area contributed by atoms with Crippen LogP contribution in [0.4, 0.5) is 0 Å². The Kier molecular flexibility index (Phi) is 9.87. The maximum Gasteiger partial charge on any atom is 0.157 e. The first kappa shape index (κ1) is 12.9.